The van der Waals surface area contributed by atoms with E-state index >= 15 is 0 Å². The van der Waals surface area contributed by atoms with E-state index in [-0.39, 0.29) is 53.6 Å². The number of benzene rings is 3. The molecule has 0 aromatic heterocycles. The van der Waals surface area contributed by atoms with Gasteiger partial charge in [0.05, 0.1) is 47.3 Å². The second-order valence-corrected chi connectivity index (χ2v) is 26.8. The van der Waals surface area contributed by atoms with E-state index in [2.05, 4.69) is 65.7 Å². The Bertz CT molecular complexity index is 2230. The van der Waals surface area contributed by atoms with Crippen LogP contribution in [0.4, 0.5) is 0 Å². The topological polar surface area (TPSA) is 135 Å². The number of Topliss-reactive ketones (excluding diaryl/α,β-unsaturated/α-hetero) is 4. The number of carbonyl (C=O) groups is 4. The summed E-state index contributed by atoms with van der Waals surface area (Å²) in [4.78, 5) is 46.2. The molecule has 65 heavy (non-hydrogen) atoms. The molecule has 2 atom stereocenters. The molecule has 0 amide bonds. The van der Waals surface area contributed by atoms with Gasteiger partial charge in [-0.05, 0) is 160 Å². The smallest absolute Gasteiger partial charge is 0.495 e. The molecule has 3 aliphatic heterocycles. The van der Waals surface area contributed by atoms with Gasteiger partial charge in [-0.1, -0.05) is 79.5 Å². The van der Waals surface area contributed by atoms with Gasteiger partial charge in [0, 0.05) is 8.95 Å². The molecule has 360 valence electrons. The fourth-order valence-corrected chi connectivity index (χ4v) is 8.17. The predicted octanol–water partition coefficient (Wildman–Crippen LogP) is 13.2. The summed E-state index contributed by atoms with van der Waals surface area (Å²) in [6, 6.07) is 10.8. The summed E-state index contributed by atoms with van der Waals surface area (Å²) in [5.41, 5.74) is 4.11. The molecule has 3 heterocycles. The number of ether oxygens (including phenoxy) is 2. The van der Waals surface area contributed by atoms with Gasteiger partial charge in [0.15, 0.2) is 31.5 Å². The van der Waals surface area contributed by atoms with E-state index in [1.54, 1.807) is 13.0 Å². The number of hydrogen-bond donors (Lipinski definition) is 1. The number of rotatable bonds is 7. The maximum absolute atomic E-state index is 12.5. The number of fused-ring (bicyclic) bond motifs is 2. The Morgan fingerprint density at radius 2 is 1.15 bits per heavy atom. The van der Waals surface area contributed by atoms with E-state index in [9.17, 15) is 24.3 Å². The highest BCUT2D eigenvalue weighted by Gasteiger charge is 2.52. The number of halogens is 2. The standard InChI is InChI=1S/C19H27BO4.C13H15BrO2.C9H9BrO2.C9H20O2Si.CH4/c1-8-19(7)11-15(21)13-9-12(2)14(10-16(13)22-19)20-23-17(3,4)18(5,6)24-20;1-4-13(3)7-11(15)9-5-8(2)10(14)6-12(9)16-13;1-5-3-7(6(2)11)9(12)4-8(5)10;1-8(10)7-11-12(5,6)9(2,3)4;/h9-10H,8,11H2,1-7H3;5-6H,4,7H2,1-3H3;3-4,12H,1-2H3;7H2,1-6H3;1H4. The van der Waals surface area contributed by atoms with Crippen molar-refractivity contribution in [2.45, 2.75) is 184 Å². The Hall–Kier alpha value is -3.14. The molecule has 1 fully saturated rings. The largest absolute Gasteiger partial charge is 0.507 e. The zero-order valence-electron chi connectivity index (χ0n) is 41.5. The first-order valence-electron chi connectivity index (χ1n) is 22.0. The summed E-state index contributed by atoms with van der Waals surface area (Å²) in [6.45, 7) is 36.1. The third-order valence-electron chi connectivity index (χ3n) is 13.1. The molecule has 3 aromatic carbocycles. The molecule has 1 N–H and O–H groups in total. The number of phenolic OH excluding ortho intramolecular Hbond substituents is 1. The first kappa shape index (κ1) is 58.0. The molecule has 10 nitrogen and oxygen atoms in total. The van der Waals surface area contributed by atoms with E-state index in [1.807, 2.05) is 100 Å². The maximum atomic E-state index is 12.5. The maximum Gasteiger partial charge on any atom is 0.495 e. The van der Waals surface area contributed by atoms with Crippen molar-refractivity contribution < 1.29 is 47.5 Å². The van der Waals surface area contributed by atoms with E-state index in [1.165, 1.54) is 13.0 Å². The van der Waals surface area contributed by atoms with Crippen LogP contribution in [0.25, 0.3) is 0 Å². The average molecular weight is 1050 g/mol. The van der Waals surface area contributed by atoms with Gasteiger partial charge >= 0.3 is 7.12 Å². The van der Waals surface area contributed by atoms with Crippen LogP contribution in [0.15, 0.2) is 45.3 Å². The van der Waals surface area contributed by atoms with Gasteiger partial charge in [0.25, 0.3) is 0 Å². The summed E-state index contributed by atoms with van der Waals surface area (Å²) in [5.74, 6) is 1.69. The molecule has 0 saturated carbocycles. The molecule has 3 aliphatic rings. The monoisotopic (exact) mass is 1040 g/mol. The Balaban J connectivity index is 0.000000311. The van der Waals surface area contributed by atoms with Crippen molar-refractivity contribution in [1.29, 1.82) is 0 Å². The summed E-state index contributed by atoms with van der Waals surface area (Å²) in [5, 5.41) is 9.53. The van der Waals surface area contributed by atoms with Crippen molar-refractivity contribution in [3.63, 3.8) is 0 Å². The van der Waals surface area contributed by atoms with Gasteiger partial charge in [0.1, 0.15) is 28.5 Å². The minimum absolute atomic E-state index is 0. The zero-order chi connectivity index (χ0) is 49.1. The molecule has 1 saturated heterocycles. The van der Waals surface area contributed by atoms with E-state index in [4.69, 9.17) is 23.2 Å². The summed E-state index contributed by atoms with van der Waals surface area (Å²) in [6.07, 6.45) is 2.52. The lowest BCUT2D eigenvalue weighted by Gasteiger charge is -2.35. The lowest BCUT2D eigenvalue weighted by molar-refractivity contribution is -0.119. The van der Waals surface area contributed by atoms with Crippen LogP contribution in [0.5, 0.6) is 17.2 Å². The van der Waals surface area contributed by atoms with Crippen LogP contribution in [0.1, 0.15) is 171 Å². The highest BCUT2D eigenvalue weighted by Crippen LogP contribution is 2.41. The Morgan fingerprint density at radius 1 is 0.738 bits per heavy atom. The Kier molecular flexibility index (Phi) is 19.5. The lowest BCUT2D eigenvalue weighted by Crippen LogP contribution is -2.41. The van der Waals surface area contributed by atoms with Crippen LogP contribution < -0.4 is 14.9 Å². The first-order chi connectivity index (χ1) is 29.1. The molecular formula is C51H75BBr2O10Si. The van der Waals surface area contributed by atoms with Crippen molar-refractivity contribution in [3.8, 4) is 17.2 Å². The minimum Gasteiger partial charge on any atom is -0.507 e. The summed E-state index contributed by atoms with van der Waals surface area (Å²) >= 11 is 6.72. The SMILES string of the molecule is C.CC(=O)CO[Si](C)(C)C(C)(C)C.CC(=O)c1cc(C)c(Br)cc1O.CCC1(C)CC(=O)c2cc(C)c(B3OC(C)(C)C(C)(C)O3)cc2O1.CCC1(C)CC(=O)c2cc(C)c(Br)cc2O1. The van der Waals surface area contributed by atoms with E-state index in [0.717, 1.165) is 43.9 Å². The highest BCUT2D eigenvalue weighted by atomic mass is 79.9. The van der Waals surface area contributed by atoms with E-state index < -0.39 is 32.2 Å². The lowest BCUT2D eigenvalue weighted by atomic mass is 9.74. The van der Waals surface area contributed by atoms with Gasteiger partial charge < -0.3 is 28.3 Å². The van der Waals surface area contributed by atoms with Crippen molar-refractivity contribution >= 4 is 75.9 Å². The van der Waals surface area contributed by atoms with Crippen LogP contribution in [-0.2, 0) is 18.5 Å². The van der Waals surface area contributed by atoms with E-state index in [0.29, 0.717) is 41.0 Å². The van der Waals surface area contributed by atoms with Crippen molar-refractivity contribution in [3.05, 3.63) is 78.7 Å². The Labute approximate surface area is 408 Å². The van der Waals surface area contributed by atoms with Gasteiger partial charge in [-0.15, -0.1) is 0 Å². The van der Waals surface area contributed by atoms with Gasteiger partial charge in [-0.3, -0.25) is 19.2 Å². The van der Waals surface area contributed by atoms with Crippen LogP contribution >= 0.6 is 31.9 Å². The van der Waals surface area contributed by atoms with Crippen LogP contribution in [0, 0.1) is 20.8 Å². The third-order valence-corrected chi connectivity index (χ3v) is 19.3. The van der Waals surface area contributed by atoms with Crippen LogP contribution in [0.3, 0.4) is 0 Å². The molecule has 0 aliphatic carbocycles. The Morgan fingerprint density at radius 3 is 1.57 bits per heavy atom. The van der Waals surface area contributed by atoms with Crippen LogP contribution in [0.2, 0.25) is 18.1 Å². The fourth-order valence-electron chi connectivity index (χ4n) is 6.51. The second kappa shape index (κ2) is 21.9. The fraction of sp³-hybridized carbons (Fsp3) is 0.569. The zero-order valence-corrected chi connectivity index (χ0v) is 45.6. The molecule has 6 rings (SSSR count). The molecule has 0 spiro atoms. The summed E-state index contributed by atoms with van der Waals surface area (Å²) in [7, 11) is -2.14. The number of aryl methyl sites for hydroxylation is 3. The van der Waals surface area contributed by atoms with Gasteiger partial charge in [-0.2, -0.15) is 0 Å². The average Bonchev–Trinajstić information content (AvgIpc) is 3.39. The van der Waals surface area contributed by atoms with Crippen molar-refractivity contribution in [2.24, 2.45) is 0 Å². The summed E-state index contributed by atoms with van der Waals surface area (Å²) < 4.78 is 31.9. The minimum atomic E-state index is -1.69. The normalized spacial score (nSPS) is 20.4. The van der Waals surface area contributed by atoms with Crippen molar-refractivity contribution in [1.82, 2.24) is 0 Å². The van der Waals surface area contributed by atoms with Crippen LogP contribution in [-0.4, -0.2) is 72.7 Å². The number of ketones is 4. The van der Waals surface area contributed by atoms with Crippen molar-refractivity contribution in [2.75, 3.05) is 6.61 Å². The molecular weight excluding hydrogens is 971 g/mol. The number of carbonyl (C=O) groups excluding carboxylic acids is 4. The molecule has 2 unspecified atom stereocenters. The number of aromatic hydroxyl groups is 1. The first-order valence-corrected chi connectivity index (χ1v) is 26.5. The molecule has 3 aromatic rings. The molecule has 14 heteroatoms. The quantitative estimate of drug-likeness (QED) is 0.180. The predicted molar refractivity (Wildman–Crippen MR) is 273 cm³/mol. The molecule has 0 bridgehead atoms. The number of hydrogen-bond acceptors (Lipinski definition) is 10. The van der Waals surface area contributed by atoms with Gasteiger partial charge in [0.2, 0.25) is 0 Å². The molecule has 0 radical (unpaired) electrons. The number of phenols is 1. The van der Waals surface area contributed by atoms with Gasteiger partial charge in [-0.25, -0.2) is 0 Å². The second-order valence-electron chi connectivity index (χ2n) is 20.3. The third kappa shape index (κ3) is 14.4. The highest BCUT2D eigenvalue weighted by molar-refractivity contribution is 9.10.